The minimum absolute atomic E-state index is 0.00602. The van der Waals surface area contributed by atoms with Crippen LogP contribution in [0.2, 0.25) is 0 Å². The Morgan fingerprint density at radius 1 is 0.761 bits per heavy atom. The van der Waals surface area contributed by atoms with E-state index in [0.717, 1.165) is 29.3 Å². The molecule has 3 heterocycles. The zero-order valence-corrected chi connectivity index (χ0v) is 26.5. The summed E-state index contributed by atoms with van der Waals surface area (Å²) in [7, 11) is 0. The second-order valence-electron chi connectivity index (χ2n) is 15.5. The molecule has 1 fully saturated rings. The third-order valence-electron chi connectivity index (χ3n) is 12.4. The minimum Gasteiger partial charge on any atom is -0.409 e. The number of amides is 1. The summed E-state index contributed by atoms with van der Waals surface area (Å²) in [5.74, 6) is 1.56. The Morgan fingerprint density at radius 3 is 2.17 bits per heavy atom. The number of hydrogen-bond donors (Lipinski definition) is 0. The van der Waals surface area contributed by atoms with Gasteiger partial charge in [0.1, 0.15) is 5.75 Å². The van der Waals surface area contributed by atoms with Crippen molar-refractivity contribution in [2.24, 2.45) is 11.8 Å². The van der Waals surface area contributed by atoms with Gasteiger partial charge >= 0.3 is 6.09 Å². The number of hydrogen-bond acceptors (Lipinski definition) is 2. The summed E-state index contributed by atoms with van der Waals surface area (Å²) in [6.07, 6.45) is 4.48. The van der Waals surface area contributed by atoms with Crippen LogP contribution in [0, 0.1) is 11.8 Å². The van der Waals surface area contributed by atoms with Crippen LogP contribution < -0.4 is 20.6 Å². The first-order valence-electron chi connectivity index (χ1n) is 17.1. The molecule has 0 aromatic heterocycles. The Hall–Kier alpha value is -4.57. The van der Waals surface area contributed by atoms with E-state index in [4.69, 9.17) is 4.74 Å². The lowest BCUT2D eigenvalue weighted by Gasteiger charge is -2.54. The largest absolute Gasteiger partial charge is 0.424 e. The van der Waals surface area contributed by atoms with Gasteiger partial charge in [0, 0.05) is 11.1 Å². The monoisotopic (exact) mass is 595 g/mol. The van der Waals surface area contributed by atoms with Crippen molar-refractivity contribution < 1.29 is 9.53 Å². The molecule has 46 heavy (non-hydrogen) atoms. The van der Waals surface area contributed by atoms with Crippen molar-refractivity contribution in [1.29, 1.82) is 0 Å². The number of benzene rings is 5. The zero-order valence-electron chi connectivity index (χ0n) is 26.5. The van der Waals surface area contributed by atoms with Gasteiger partial charge in [0.2, 0.25) is 6.71 Å². The van der Waals surface area contributed by atoms with Gasteiger partial charge in [-0.05, 0) is 105 Å². The molecule has 1 saturated carbocycles. The minimum atomic E-state index is -0.496. The highest BCUT2D eigenvalue weighted by molar-refractivity contribution is 6.94. The molecule has 7 aliphatic rings. The first-order chi connectivity index (χ1) is 22.4. The van der Waals surface area contributed by atoms with Gasteiger partial charge < -0.3 is 4.74 Å². The molecule has 5 aromatic carbocycles. The molecule has 12 rings (SSSR count). The van der Waals surface area contributed by atoms with E-state index in [0.29, 0.717) is 17.6 Å². The van der Waals surface area contributed by atoms with Gasteiger partial charge in [0.15, 0.2) is 0 Å². The van der Waals surface area contributed by atoms with Crippen LogP contribution in [0.25, 0.3) is 21.9 Å². The zero-order chi connectivity index (χ0) is 30.7. The van der Waals surface area contributed by atoms with Crippen LogP contribution in [0.5, 0.6) is 5.75 Å². The number of nitrogens with zero attached hydrogens (tertiary/aromatic N) is 1. The van der Waals surface area contributed by atoms with Crippen LogP contribution in [0.4, 0.5) is 10.5 Å². The molecule has 0 unspecified atom stereocenters. The average molecular weight is 596 g/mol. The fraction of sp³-hybridized carbons (Fsp3) is 0.262. The lowest BCUT2D eigenvalue weighted by Crippen LogP contribution is -2.64. The molecule has 2 bridgehead atoms. The van der Waals surface area contributed by atoms with Crippen molar-refractivity contribution in [3.63, 3.8) is 0 Å². The number of anilines is 1. The Kier molecular flexibility index (Phi) is 4.58. The van der Waals surface area contributed by atoms with Crippen molar-refractivity contribution >= 4 is 40.2 Å². The third-order valence-corrected chi connectivity index (χ3v) is 12.4. The molecule has 0 radical (unpaired) electrons. The fourth-order valence-corrected chi connectivity index (χ4v) is 10.7. The fourth-order valence-electron chi connectivity index (χ4n) is 10.7. The maximum Gasteiger partial charge on any atom is 0.424 e. The van der Waals surface area contributed by atoms with Crippen LogP contribution in [0.3, 0.4) is 0 Å². The van der Waals surface area contributed by atoms with E-state index >= 15 is 0 Å². The van der Waals surface area contributed by atoms with E-state index in [1.165, 1.54) is 73.9 Å². The molecule has 222 valence electrons. The quantitative estimate of drug-likeness (QED) is 0.165. The molecule has 5 aromatic rings. The summed E-state index contributed by atoms with van der Waals surface area (Å²) >= 11 is 0. The van der Waals surface area contributed by atoms with Gasteiger partial charge in [0.25, 0.3) is 0 Å². The second kappa shape index (κ2) is 8.23. The Labute approximate surface area is 270 Å². The summed E-state index contributed by atoms with van der Waals surface area (Å²) in [6, 6.07) is 34.2. The second-order valence-corrected chi connectivity index (χ2v) is 15.5. The van der Waals surface area contributed by atoms with Crippen molar-refractivity contribution in [2.75, 3.05) is 4.90 Å². The standard InChI is InChI=1S/C42H34BNO2/c1-41(2,3)26-19-20-31-33(22-26)43-36-23-15-17-24(18-16-23)38(36)44-39-35-25(9-8-14-34(35)46-40(44)45)21-32(37(39)43)42(31)29-12-6-4-10-27(29)28-11-5-7-13-30(28)42/h4-14,19-24H,15-18H2,1-3H3. The van der Waals surface area contributed by atoms with E-state index in [-0.39, 0.29) is 18.2 Å². The maximum absolute atomic E-state index is 14.3. The van der Waals surface area contributed by atoms with Gasteiger partial charge in [-0.15, -0.1) is 0 Å². The SMILES string of the molecule is CC(C)(C)c1ccc2c(c1)B1C3=C(C4CCC3CC4)N3C(=O)Oc4cccc5cc(c1c3c45)C21c2ccccc2-c2ccccc21. The molecule has 0 N–H and O–H groups in total. The van der Waals surface area contributed by atoms with E-state index in [2.05, 4.69) is 105 Å². The van der Waals surface area contributed by atoms with E-state index in [9.17, 15) is 4.79 Å². The third kappa shape index (κ3) is 2.79. The Bertz CT molecular complexity index is 2240. The number of allylic oxidation sites excluding steroid dienone is 2. The first-order valence-corrected chi connectivity index (χ1v) is 17.1. The predicted molar refractivity (Wildman–Crippen MR) is 186 cm³/mol. The molecule has 0 saturated heterocycles. The Balaban J connectivity index is 1.39. The van der Waals surface area contributed by atoms with Crippen LogP contribution in [-0.4, -0.2) is 12.8 Å². The van der Waals surface area contributed by atoms with Gasteiger partial charge in [-0.3, -0.25) is 4.90 Å². The molecule has 4 heteroatoms. The predicted octanol–water partition coefficient (Wildman–Crippen LogP) is 8.37. The highest BCUT2D eigenvalue weighted by atomic mass is 16.6. The average Bonchev–Trinajstić information content (AvgIpc) is 3.37. The van der Waals surface area contributed by atoms with Crippen LogP contribution >= 0.6 is 0 Å². The number of carbonyl (C=O) groups excluding carboxylic acids is 1. The van der Waals surface area contributed by atoms with Gasteiger partial charge in [0.05, 0.1) is 11.1 Å². The molecule has 1 amide bonds. The summed E-state index contributed by atoms with van der Waals surface area (Å²) in [5.41, 5.74) is 15.5. The normalized spacial score (nSPS) is 22.1. The van der Waals surface area contributed by atoms with E-state index in [1.54, 1.807) is 0 Å². The van der Waals surface area contributed by atoms with Crippen LogP contribution in [0.15, 0.2) is 102 Å². The smallest absolute Gasteiger partial charge is 0.409 e. The highest BCUT2D eigenvalue weighted by Crippen LogP contribution is 2.61. The van der Waals surface area contributed by atoms with Gasteiger partial charge in [-0.25, -0.2) is 4.79 Å². The van der Waals surface area contributed by atoms with Crippen LogP contribution in [-0.2, 0) is 10.8 Å². The van der Waals surface area contributed by atoms with Crippen molar-refractivity contribution in [3.8, 4) is 16.9 Å². The maximum atomic E-state index is 14.3. The Morgan fingerprint density at radius 2 is 1.46 bits per heavy atom. The lowest BCUT2D eigenvalue weighted by atomic mass is 9.26. The van der Waals surface area contributed by atoms with Crippen LogP contribution in [0.1, 0.15) is 74.3 Å². The summed E-state index contributed by atoms with van der Waals surface area (Å²) in [5, 5.41) is 2.23. The van der Waals surface area contributed by atoms with E-state index < -0.39 is 5.41 Å². The molecule has 1 spiro atoms. The molecule has 3 aliphatic heterocycles. The number of carbonyl (C=O) groups is 1. The first kappa shape index (κ1) is 25.6. The highest BCUT2D eigenvalue weighted by Gasteiger charge is 2.59. The summed E-state index contributed by atoms with van der Waals surface area (Å²) < 4.78 is 6.20. The number of fused-ring (bicyclic) bond motifs is 11. The number of ether oxygens (including phenoxy) is 1. The van der Waals surface area contributed by atoms with E-state index in [1.807, 2.05) is 12.1 Å². The molecular formula is C42H34BNO2. The molecular weight excluding hydrogens is 561 g/mol. The molecule has 4 aliphatic carbocycles. The molecule has 3 nitrogen and oxygen atoms in total. The number of rotatable bonds is 0. The summed E-state index contributed by atoms with van der Waals surface area (Å²) in [6.45, 7) is 7.11. The topological polar surface area (TPSA) is 29.5 Å². The summed E-state index contributed by atoms with van der Waals surface area (Å²) in [4.78, 5) is 16.3. The van der Waals surface area contributed by atoms with Gasteiger partial charge in [-0.2, -0.15) is 0 Å². The van der Waals surface area contributed by atoms with Crippen molar-refractivity contribution in [3.05, 3.63) is 130 Å². The van der Waals surface area contributed by atoms with Gasteiger partial charge in [-0.1, -0.05) is 111 Å². The molecule has 0 atom stereocenters. The lowest BCUT2D eigenvalue weighted by molar-refractivity contribution is 0.205. The van der Waals surface area contributed by atoms with Crippen molar-refractivity contribution in [2.45, 2.75) is 57.3 Å². The van der Waals surface area contributed by atoms with Crippen molar-refractivity contribution in [1.82, 2.24) is 0 Å².